The van der Waals surface area contributed by atoms with E-state index in [1.165, 1.54) is 11.0 Å². The van der Waals surface area contributed by atoms with Gasteiger partial charge in [0.2, 0.25) is 0 Å². The van der Waals surface area contributed by atoms with Crippen molar-refractivity contribution in [3.05, 3.63) is 72.1 Å². The van der Waals surface area contributed by atoms with Gasteiger partial charge in [-0.05, 0) is 18.9 Å². The number of amides is 1. The van der Waals surface area contributed by atoms with E-state index in [0.717, 1.165) is 6.42 Å². The number of aliphatic hydroxyl groups excluding tert-OH is 2. The Morgan fingerprint density at radius 1 is 1.03 bits per heavy atom. The molecule has 0 unspecified atom stereocenters. The molecule has 3 aliphatic heterocycles. The smallest absolute Gasteiger partial charge is 0.261 e. The lowest BCUT2D eigenvalue weighted by Gasteiger charge is -2.20. The molecule has 0 saturated carbocycles. The molecular formula is C26H33NO6. The topological polar surface area (TPSA) is 96.3 Å². The highest BCUT2D eigenvalue weighted by molar-refractivity contribution is 6.27. The molecule has 0 aromatic heterocycles. The number of likely N-dealkylation sites (N-methyl/N-ethyl adjacent to an activating group) is 1. The number of carbonyl (C=O) groups is 2. The van der Waals surface area contributed by atoms with E-state index in [1.54, 1.807) is 31.4 Å². The molecule has 3 heterocycles. The van der Waals surface area contributed by atoms with Gasteiger partial charge in [-0.25, -0.2) is 0 Å². The summed E-state index contributed by atoms with van der Waals surface area (Å²) in [6.07, 6.45) is 17.0. The van der Waals surface area contributed by atoms with Crippen LogP contribution >= 0.6 is 0 Å². The molecule has 3 rings (SSSR count). The number of fused-ring (bicyclic) bond motifs is 1. The maximum Gasteiger partial charge on any atom is 0.261 e. The first-order chi connectivity index (χ1) is 15.7. The van der Waals surface area contributed by atoms with Gasteiger partial charge in [-0.2, -0.15) is 0 Å². The first kappa shape index (κ1) is 24.9. The maximum absolute atomic E-state index is 12.5. The van der Waals surface area contributed by atoms with E-state index in [-0.39, 0.29) is 47.4 Å². The van der Waals surface area contributed by atoms with Crippen LogP contribution in [0.4, 0.5) is 0 Å². The van der Waals surface area contributed by atoms with E-state index in [9.17, 15) is 19.8 Å². The van der Waals surface area contributed by atoms with Crippen LogP contribution in [-0.4, -0.2) is 70.4 Å². The predicted octanol–water partition coefficient (Wildman–Crippen LogP) is 2.95. The van der Waals surface area contributed by atoms with Crippen molar-refractivity contribution in [2.75, 3.05) is 7.05 Å². The average Bonchev–Trinajstić information content (AvgIpc) is 3.33. The van der Waals surface area contributed by atoms with Gasteiger partial charge in [-0.3, -0.25) is 9.59 Å². The summed E-state index contributed by atoms with van der Waals surface area (Å²) in [5, 5.41) is 20.5. The number of ketones is 1. The Morgan fingerprint density at radius 2 is 1.64 bits per heavy atom. The first-order valence-corrected chi connectivity index (χ1v) is 11.3. The molecule has 3 saturated heterocycles. The fraction of sp³-hybridized carbons (Fsp3) is 0.462. The van der Waals surface area contributed by atoms with E-state index in [2.05, 4.69) is 0 Å². The van der Waals surface area contributed by atoms with E-state index in [1.807, 2.05) is 51.2 Å². The zero-order valence-electron chi connectivity index (χ0n) is 19.5. The van der Waals surface area contributed by atoms with Crippen molar-refractivity contribution in [2.24, 2.45) is 5.92 Å². The molecule has 0 aromatic carbocycles. The molecular weight excluding hydrogens is 422 g/mol. The summed E-state index contributed by atoms with van der Waals surface area (Å²) in [7, 11) is 1.57. The Kier molecular flexibility index (Phi) is 8.24. The highest BCUT2D eigenvalue weighted by atomic mass is 16.6. The first-order valence-electron chi connectivity index (χ1n) is 11.3. The summed E-state index contributed by atoms with van der Waals surface area (Å²) in [6, 6.07) is -0.539. The van der Waals surface area contributed by atoms with Crippen molar-refractivity contribution < 1.29 is 29.3 Å². The monoisotopic (exact) mass is 455 g/mol. The summed E-state index contributed by atoms with van der Waals surface area (Å²) < 4.78 is 11.5. The van der Waals surface area contributed by atoms with Crippen molar-refractivity contribution in [2.45, 2.75) is 63.8 Å². The zero-order valence-corrected chi connectivity index (χ0v) is 19.5. The molecule has 7 heteroatoms. The van der Waals surface area contributed by atoms with Gasteiger partial charge in [0.15, 0.2) is 5.78 Å². The van der Waals surface area contributed by atoms with Gasteiger partial charge in [0.05, 0.1) is 18.2 Å². The molecule has 178 valence electrons. The van der Waals surface area contributed by atoms with Crippen molar-refractivity contribution >= 4 is 11.7 Å². The Balaban J connectivity index is 1.46. The molecule has 0 aromatic rings. The van der Waals surface area contributed by atoms with Gasteiger partial charge in [0.25, 0.3) is 5.91 Å². The van der Waals surface area contributed by atoms with Crippen LogP contribution in [0.15, 0.2) is 72.1 Å². The summed E-state index contributed by atoms with van der Waals surface area (Å²) in [4.78, 5) is 26.1. The third kappa shape index (κ3) is 5.61. The molecule has 0 radical (unpaired) electrons. The standard InChI is InChI=1S/C26H33NO6/c1-16(2)22-24(30)21(26(31)27(22)4)18(28)13-11-9-7-5-6-8-10-12-14-19-23(29)25-20(33-19)15-17(3)32-25/h5-14,16-17,19-20,22-23,25,28-29H,15H2,1-4H3/b6-5+,9-7+,10-8+,13-11+,14-12+,21-18?/t17-,19+,20-,22+,23-,25+/m1/s1. The molecule has 2 N–H and O–H groups in total. The van der Waals surface area contributed by atoms with Gasteiger partial charge in [0.1, 0.15) is 29.6 Å². The van der Waals surface area contributed by atoms with Crippen LogP contribution in [0, 0.1) is 5.92 Å². The van der Waals surface area contributed by atoms with Crippen LogP contribution in [-0.2, 0) is 19.1 Å². The number of carbonyl (C=O) groups excluding carboxylic acids is 2. The molecule has 0 aliphatic carbocycles. The highest BCUT2D eigenvalue weighted by Gasteiger charge is 2.48. The minimum Gasteiger partial charge on any atom is -0.507 e. The number of rotatable bonds is 7. The average molecular weight is 456 g/mol. The summed E-state index contributed by atoms with van der Waals surface area (Å²) in [5.74, 6) is -1.15. The SMILES string of the molecule is CC(C)[C@H]1C(=O)C(=C(O)/C=C/C=C/C=C/C=C/C=C/[C@@H]2O[C@@H]3C[C@@H](C)O[C@@H]3[C@@H]2O)C(=O)N1C. The lowest BCUT2D eigenvalue weighted by atomic mass is 9.98. The van der Waals surface area contributed by atoms with Crippen LogP contribution in [0.25, 0.3) is 0 Å². The zero-order chi connectivity index (χ0) is 24.1. The fourth-order valence-electron chi connectivity index (χ4n) is 4.44. The van der Waals surface area contributed by atoms with Crippen LogP contribution in [0.2, 0.25) is 0 Å². The van der Waals surface area contributed by atoms with Crippen molar-refractivity contribution in [1.29, 1.82) is 0 Å². The van der Waals surface area contributed by atoms with Crippen LogP contribution in [0.1, 0.15) is 27.2 Å². The van der Waals surface area contributed by atoms with Gasteiger partial charge >= 0.3 is 0 Å². The van der Waals surface area contributed by atoms with Crippen LogP contribution in [0.3, 0.4) is 0 Å². The molecule has 0 spiro atoms. The maximum atomic E-state index is 12.5. The number of allylic oxidation sites excluding steroid dienone is 9. The Labute approximate surface area is 195 Å². The summed E-state index contributed by atoms with van der Waals surface area (Å²) in [5.41, 5.74) is -0.160. The van der Waals surface area contributed by atoms with Crippen molar-refractivity contribution in [3.63, 3.8) is 0 Å². The molecule has 3 aliphatic rings. The molecule has 3 fully saturated rings. The number of ether oxygens (including phenoxy) is 2. The van der Waals surface area contributed by atoms with E-state index < -0.39 is 18.1 Å². The fourth-order valence-corrected chi connectivity index (χ4v) is 4.44. The molecule has 7 nitrogen and oxygen atoms in total. The summed E-state index contributed by atoms with van der Waals surface area (Å²) >= 11 is 0. The Hall–Kier alpha value is -2.74. The van der Waals surface area contributed by atoms with E-state index in [4.69, 9.17) is 9.47 Å². The van der Waals surface area contributed by atoms with Crippen molar-refractivity contribution in [1.82, 2.24) is 4.90 Å². The lowest BCUT2D eigenvalue weighted by molar-refractivity contribution is -0.126. The second kappa shape index (κ2) is 10.9. The number of nitrogens with zero attached hydrogens (tertiary/aromatic N) is 1. The number of aliphatic hydroxyl groups is 2. The third-order valence-electron chi connectivity index (χ3n) is 6.01. The molecule has 6 atom stereocenters. The second-order valence-corrected chi connectivity index (χ2v) is 8.90. The third-order valence-corrected chi connectivity index (χ3v) is 6.01. The molecule has 1 amide bonds. The largest absolute Gasteiger partial charge is 0.507 e. The predicted molar refractivity (Wildman–Crippen MR) is 125 cm³/mol. The summed E-state index contributed by atoms with van der Waals surface area (Å²) in [6.45, 7) is 5.72. The van der Waals surface area contributed by atoms with Crippen molar-refractivity contribution in [3.8, 4) is 0 Å². The van der Waals surface area contributed by atoms with Gasteiger partial charge in [-0.15, -0.1) is 0 Å². The molecule has 33 heavy (non-hydrogen) atoms. The molecule has 0 bridgehead atoms. The Bertz CT molecular complexity index is 925. The number of hydrogen-bond donors (Lipinski definition) is 2. The van der Waals surface area contributed by atoms with Gasteiger partial charge in [-0.1, -0.05) is 68.5 Å². The normalized spacial score (nSPS) is 34.7. The van der Waals surface area contributed by atoms with Crippen LogP contribution < -0.4 is 0 Å². The van der Waals surface area contributed by atoms with E-state index >= 15 is 0 Å². The van der Waals surface area contributed by atoms with Crippen LogP contribution in [0.5, 0.6) is 0 Å². The Morgan fingerprint density at radius 3 is 2.21 bits per heavy atom. The quantitative estimate of drug-likeness (QED) is 0.265. The lowest BCUT2D eigenvalue weighted by Crippen LogP contribution is -2.36. The van der Waals surface area contributed by atoms with Gasteiger partial charge < -0.3 is 24.6 Å². The number of likely N-dealkylation sites (tertiary alicyclic amines) is 1. The van der Waals surface area contributed by atoms with Gasteiger partial charge in [0, 0.05) is 13.5 Å². The second-order valence-electron chi connectivity index (χ2n) is 8.90. The van der Waals surface area contributed by atoms with E-state index in [0.29, 0.717) is 0 Å². The highest BCUT2D eigenvalue weighted by Crippen LogP contribution is 2.34. The number of hydrogen-bond acceptors (Lipinski definition) is 6. The number of Topliss-reactive ketones (excluding diaryl/α,β-unsaturated/α-hetero) is 1. The minimum absolute atomic E-state index is 0.0260. The minimum atomic E-state index is -0.646.